The second-order valence-electron chi connectivity index (χ2n) is 6.96. The summed E-state index contributed by atoms with van der Waals surface area (Å²) < 4.78 is 5.98. The second kappa shape index (κ2) is 7.64. The highest BCUT2D eigenvalue weighted by Gasteiger charge is 2.34. The van der Waals surface area contributed by atoms with Gasteiger partial charge in [0.1, 0.15) is 0 Å². The van der Waals surface area contributed by atoms with Crippen molar-refractivity contribution in [1.29, 1.82) is 0 Å². The van der Waals surface area contributed by atoms with Crippen LogP contribution in [-0.2, 0) is 10.3 Å². The van der Waals surface area contributed by atoms with Crippen molar-refractivity contribution in [1.82, 2.24) is 0 Å². The third-order valence-electron chi connectivity index (χ3n) is 4.78. The van der Waals surface area contributed by atoms with Gasteiger partial charge in [-0.3, -0.25) is 10.1 Å². The van der Waals surface area contributed by atoms with Crippen molar-refractivity contribution in [3.63, 3.8) is 0 Å². The molecule has 0 aliphatic heterocycles. The number of benzene rings is 3. The normalized spacial score (nSPS) is 12.8. The van der Waals surface area contributed by atoms with Gasteiger partial charge in [-0.15, -0.1) is 0 Å². The number of nitro groups is 1. The molecular weight excluding hydrogens is 354 g/mol. The van der Waals surface area contributed by atoms with Crippen LogP contribution in [0.2, 0.25) is 0 Å². The molecule has 3 aromatic carbocycles. The van der Waals surface area contributed by atoms with Crippen molar-refractivity contribution in [2.75, 3.05) is 0 Å². The number of carbonyl (C=O) groups is 1. The van der Waals surface area contributed by atoms with Crippen molar-refractivity contribution in [2.45, 2.75) is 26.4 Å². The van der Waals surface area contributed by atoms with E-state index in [1.54, 1.807) is 0 Å². The van der Waals surface area contributed by atoms with Gasteiger partial charge in [0.15, 0.2) is 5.60 Å². The molecule has 0 aromatic heterocycles. The molecule has 3 rings (SSSR count). The molecule has 0 bridgehead atoms. The third kappa shape index (κ3) is 3.93. The Hall–Kier alpha value is -3.47. The van der Waals surface area contributed by atoms with Crippen LogP contribution in [0, 0.1) is 24.0 Å². The number of hydrogen-bond acceptors (Lipinski definition) is 4. The van der Waals surface area contributed by atoms with E-state index in [1.165, 1.54) is 24.3 Å². The van der Waals surface area contributed by atoms with E-state index in [2.05, 4.69) is 0 Å². The minimum atomic E-state index is -1.00. The maximum atomic E-state index is 12.8. The van der Waals surface area contributed by atoms with E-state index in [4.69, 9.17) is 4.74 Å². The Bertz CT molecular complexity index is 1010. The Morgan fingerprint density at radius 1 is 0.893 bits per heavy atom. The lowest BCUT2D eigenvalue weighted by atomic mass is 9.86. The third-order valence-corrected chi connectivity index (χ3v) is 4.78. The number of aryl methyl sites for hydroxylation is 2. The molecule has 1 atom stereocenters. The zero-order valence-electron chi connectivity index (χ0n) is 16.0. The van der Waals surface area contributed by atoms with E-state index in [0.29, 0.717) is 0 Å². The molecule has 0 aliphatic carbocycles. The first kappa shape index (κ1) is 19.3. The fourth-order valence-corrected chi connectivity index (χ4v) is 3.06. The Morgan fingerprint density at radius 2 is 1.54 bits per heavy atom. The van der Waals surface area contributed by atoms with E-state index in [-0.39, 0.29) is 11.3 Å². The Kier molecular flexibility index (Phi) is 5.27. The minimum Gasteiger partial charge on any atom is -0.446 e. The molecule has 5 nitrogen and oxygen atoms in total. The second-order valence-corrected chi connectivity index (χ2v) is 6.96. The molecule has 28 heavy (non-hydrogen) atoms. The van der Waals surface area contributed by atoms with Gasteiger partial charge in [0.25, 0.3) is 5.69 Å². The molecule has 0 spiro atoms. The van der Waals surface area contributed by atoms with Gasteiger partial charge in [0.2, 0.25) is 0 Å². The largest absolute Gasteiger partial charge is 0.446 e. The van der Waals surface area contributed by atoms with Crippen LogP contribution in [-0.4, -0.2) is 10.9 Å². The summed E-state index contributed by atoms with van der Waals surface area (Å²) in [4.78, 5) is 23.2. The Morgan fingerprint density at radius 3 is 2.11 bits per heavy atom. The Labute approximate surface area is 163 Å². The van der Waals surface area contributed by atoms with Gasteiger partial charge in [-0.05, 0) is 38.5 Å². The lowest BCUT2D eigenvalue weighted by molar-refractivity contribution is -0.384. The van der Waals surface area contributed by atoms with E-state index in [9.17, 15) is 14.9 Å². The van der Waals surface area contributed by atoms with Crippen molar-refractivity contribution in [3.8, 4) is 0 Å². The van der Waals surface area contributed by atoms with E-state index in [1.807, 2.05) is 69.3 Å². The molecule has 3 aromatic rings. The number of carbonyl (C=O) groups excluding carboxylic acids is 1. The number of hydrogen-bond donors (Lipinski definition) is 0. The zero-order valence-corrected chi connectivity index (χ0v) is 16.0. The monoisotopic (exact) mass is 375 g/mol. The first-order valence-corrected chi connectivity index (χ1v) is 8.92. The van der Waals surface area contributed by atoms with Gasteiger partial charge in [-0.2, -0.15) is 0 Å². The van der Waals surface area contributed by atoms with Crippen molar-refractivity contribution in [3.05, 3.63) is 111 Å². The summed E-state index contributed by atoms with van der Waals surface area (Å²) in [5, 5.41) is 10.8. The lowest BCUT2D eigenvalue weighted by Crippen LogP contribution is -2.30. The molecule has 0 radical (unpaired) electrons. The molecule has 1 unspecified atom stereocenters. The van der Waals surface area contributed by atoms with Gasteiger partial charge < -0.3 is 4.74 Å². The van der Waals surface area contributed by atoms with E-state index >= 15 is 0 Å². The Balaban J connectivity index is 2.00. The smallest absolute Gasteiger partial charge is 0.339 e. The van der Waals surface area contributed by atoms with Gasteiger partial charge in [0, 0.05) is 17.7 Å². The van der Waals surface area contributed by atoms with Crippen LogP contribution >= 0.6 is 0 Å². The maximum Gasteiger partial charge on any atom is 0.339 e. The molecular formula is C23H21NO4. The number of esters is 1. The van der Waals surface area contributed by atoms with Gasteiger partial charge in [-0.1, -0.05) is 59.7 Å². The summed E-state index contributed by atoms with van der Waals surface area (Å²) in [7, 11) is 0. The van der Waals surface area contributed by atoms with Crippen LogP contribution in [0.15, 0.2) is 72.8 Å². The highest BCUT2D eigenvalue weighted by atomic mass is 16.6. The highest BCUT2D eigenvalue weighted by Crippen LogP contribution is 2.35. The fourth-order valence-electron chi connectivity index (χ4n) is 3.06. The fraction of sp³-hybridized carbons (Fsp3) is 0.174. The molecule has 0 saturated heterocycles. The summed E-state index contributed by atoms with van der Waals surface area (Å²) in [5.41, 5.74) is 3.05. The zero-order chi connectivity index (χ0) is 20.3. The molecule has 0 N–H and O–H groups in total. The molecule has 5 heteroatoms. The number of nitrogens with zero attached hydrogens (tertiary/aromatic N) is 1. The van der Waals surface area contributed by atoms with Gasteiger partial charge in [-0.25, -0.2) is 4.79 Å². The maximum absolute atomic E-state index is 12.8. The van der Waals surface area contributed by atoms with Crippen LogP contribution in [0.1, 0.15) is 39.5 Å². The van der Waals surface area contributed by atoms with Crippen molar-refractivity contribution >= 4 is 11.7 Å². The molecule has 0 amide bonds. The van der Waals surface area contributed by atoms with E-state index in [0.717, 1.165) is 22.3 Å². The van der Waals surface area contributed by atoms with Crippen LogP contribution in [0.25, 0.3) is 0 Å². The molecule has 142 valence electrons. The number of nitro benzene ring substituents is 1. The van der Waals surface area contributed by atoms with Crippen molar-refractivity contribution < 1.29 is 14.5 Å². The standard InChI is InChI=1S/C23H21NO4/c1-16-7-11-19(12-8-16)23(3,20-6-4-5-17(2)15-20)28-22(25)18-9-13-21(14-10-18)24(26)27/h4-15H,1-3H3. The predicted octanol–water partition coefficient (Wildman–Crippen LogP) is 5.33. The highest BCUT2D eigenvalue weighted by molar-refractivity contribution is 5.90. The molecule has 0 fully saturated rings. The first-order chi connectivity index (χ1) is 13.3. The number of ether oxygens (including phenoxy) is 1. The first-order valence-electron chi connectivity index (χ1n) is 8.92. The van der Waals surface area contributed by atoms with Crippen LogP contribution in [0.4, 0.5) is 5.69 Å². The van der Waals surface area contributed by atoms with Crippen LogP contribution in [0.5, 0.6) is 0 Å². The minimum absolute atomic E-state index is 0.0727. The lowest BCUT2D eigenvalue weighted by Gasteiger charge is -2.31. The van der Waals surface area contributed by atoms with Gasteiger partial charge >= 0.3 is 5.97 Å². The van der Waals surface area contributed by atoms with Gasteiger partial charge in [0.05, 0.1) is 10.5 Å². The molecule has 0 aliphatic rings. The summed E-state index contributed by atoms with van der Waals surface area (Å²) >= 11 is 0. The summed E-state index contributed by atoms with van der Waals surface area (Å²) in [6.45, 7) is 5.84. The van der Waals surface area contributed by atoms with E-state index < -0.39 is 16.5 Å². The molecule has 0 saturated carbocycles. The van der Waals surface area contributed by atoms with Crippen LogP contribution in [0.3, 0.4) is 0 Å². The predicted molar refractivity (Wildman–Crippen MR) is 107 cm³/mol. The average molecular weight is 375 g/mol. The topological polar surface area (TPSA) is 69.4 Å². The average Bonchev–Trinajstić information content (AvgIpc) is 2.68. The molecule has 0 heterocycles. The number of rotatable bonds is 5. The van der Waals surface area contributed by atoms with Crippen LogP contribution < -0.4 is 0 Å². The summed E-state index contributed by atoms with van der Waals surface area (Å²) in [6.07, 6.45) is 0. The van der Waals surface area contributed by atoms with Crippen molar-refractivity contribution in [2.24, 2.45) is 0 Å². The summed E-state index contributed by atoms with van der Waals surface area (Å²) in [5.74, 6) is -0.542. The quantitative estimate of drug-likeness (QED) is 0.343. The summed E-state index contributed by atoms with van der Waals surface area (Å²) in [6, 6.07) is 21.1. The number of non-ortho nitro benzene ring substituents is 1. The SMILES string of the molecule is Cc1ccc(C(C)(OC(=O)c2ccc([N+](=O)[O-])cc2)c2cccc(C)c2)cc1.